The number of aromatic nitrogens is 1. The van der Waals surface area contributed by atoms with E-state index in [2.05, 4.69) is 16.8 Å². The predicted octanol–water partition coefficient (Wildman–Crippen LogP) is 4.06. The van der Waals surface area contributed by atoms with Crippen LogP contribution in [0.4, 0.5) is 0 Å². The summed E-state index contributed by atoms with van der Waals surface area (Å²) in [7, 11) is 3.03. The average molecular weight is 495 g/mol. The molecule has 1 saturated carbocycles. The lowest BCUT2D eigenvalue weighted by molar-refractivity contribution is -0.138. The smallest absolute Gasteiger partial charge is 0.272 e. The van der Waals surface area contributed by atoms with Crippen molar-refractivity contribution in [3.8, 4) is 23.3 Å². The maximum absolute atomic E-state index is 13.3. The van der Waals surface area contributed by atoms with Crippen molar-refractivity contribution in [2.75, 3.05) is 27.3 Å². The van der Waals surface area contributed by atoms with Gasteiger partial charge >= 0.3 is 0 Å². The summed E-state index contributed by atoms with van der Waals surface area (Å²) in [6.07, 6.45) is 3.20. The number of pyridine rings is 1. The number of hydrogen-bond donors (Lipinski definition) is 0. The van der Waals surface area contributed by atoms with Crippen molar-refractivity contribution in [1.82, 2.24) is 9.88 Å². The van der Waals surface area contributed by atoms with Gasteiger partial charge in [-0.3, -0.25) is 14.4 Å². The van der Waals surface area contributed by atoms with Crippen LogP contribution in [0.15, 0.2) is 30.5 Å². The van der Waals surface area contributed by atoms with Crippen LogP contribution in [-0.4, -0.2) is 54.7 Å². The molecule has 2 fully saturated rings. The molecule has 2 aromatic rings. The Hall–Kier alpha value is -3.37. The molecule has 4 rings (SSSR count). The average Bonchev–Trinajstić information content (AvgIpc) is 2.85. The molecular weight excluding hydrogens is 468 g/mol. The molecule has 2 aliphatic rings. The van der Waals surface area contributed by atoms with Crippen LogP contribution in [0.3, 0.4) is 0 Å². The highest BCUT2D eigenvalue weighted by atomic mass is 35.5. The topological polar surface area (TPSA) is 85.8 Å². The lowest BCUT2D eigenvalue weighted by Crippen LogP contribution is -2.48. The summed E-state index contributed by atoms with van der Waals surface area (Å²) in [6.45, 7) is 2.65. The highest BCUT2D eigenvalue weighted by Crippen LogP contribution is 2.48. The standard InChI is InChI=1S/C27H27ClN2O5/c1-4-5-17-12-19(28)24(23(13-17)35-3)25-21(31)14-27(15-22(25)32)8-10-30(11-9-27)26(33)20-7-6-18(34-2)16-29-20/h6-7,12-13,16,25H,8-11,14-15H2,1-3H3. The fourth-order valence-electron chi connectivity index (χ4n) is 5.09. The van der Waals surface area contributed by atoms with Gasteiger partial charge in [-0.15, -0.1) is 5.92 Å². The van der Waals surface area contributed by atoms with Gasteiger partial charge in [0.05, 0.1) is 20.4 Å². The number of benzene rings is 1. The first-order valence-electron chi connectivity index (χ1n) is 11.5. The Labute approximate surface area is 209 Å². The van der Waals surface area contributed by atoms with Gasteiger partial charge in [-0.2, -0.15) is 0 Å². The fraction of sp³-hybridized carbons (Fsp3) is 0.407. The van der Waals surface area contributed by atoms with Crippen molar-refractivity contribution >= 4 is 29.1 Å². The van der Waals surface area contributed by atoms with Crippen LogP contribution >= 0.6 is 11.6 Å². The molecule has 182 valence electrons. The number of carbonyl (C=O) groups is 3. The van der Waals surface area contributed by atoms with E-state index in [9.17, 15) is 14.4 Å². The Morgan fingerprint density at radius 1 is 1.11 bits per heavy atom. The quantitative estimate of drug-likeness (QED) is 0.470. The Balaban J connectivity index is 1.49. The number of amides is 1. The maximum Gasteiger partial charge on any atom is 0.272 e. The zero-order chi connectivity index (χ0) is 25.2. The number of carbonyl (C=O) groups excluding carboxylic acids is 3. The molecule has 2 heterocycles. The molecule has 0 N–H and O–H groups in total. The van der Waals surface area contributed by atoms with E-state index in [0.717, 1.165) is 0 Å². The highest BCUT2D eigenvalue weighted by Gasteiger charge is 2.48. The monoisotopic (exact) mass is 494 g/mol. The lowest BCUT2D eigenvalue weighted by Gasteiger charge is -2.44. The minimum absolute atomic E-state index is 0.160. The van der Waals surface area contributed by atoms with Crippen molar-refractivity contribution in [2.24, 2.45) is 5.41 Å². The Kier molecular flexibility index (Phi) is 7.13. The summed E-state index contributed by atoms with van der Waals surface area (Å²) in [6, 6.07) is 6.71. The maximum atomic E-state index is 13.3. The van der Waals surface area contributed by atoms with Gasteiger partial charge in [0.25, 0.3) is 5.91 Å². The molecule has 35 heavy (non-hydrogen) atoms. The number of piperidine rings is 1. The molecule has 0 unspecified atom stereocenters. The molecule has 8 heteroatoms. The van der Waals surface area contributed by atoms with Crippen molar-refractivity contribution in [3.63, 3.8) is 0 Å². The van der Waals surface area contributed by atoms with Crippen LogP contribution in [0, 0.1) is 17.3 Å². The molecule has 1 spiro atoms. The van der Waals surface area contributed by atoms with E-state index < -0.39 is 11.3 Å². The van der Waals surface area contributed by atoms with Gasteiger partial charge in [0.1, 0.15) is 34.7 Å². The number of hydrogen-bond acceptors (Lipinski definition) is 6. The van der Waals surface area contributed by atoms with Crippen LogP contribution in [0.25, 0.3) is 0 Å². The van der Waals surface area contributed by atoms with E-state index >= 15 is 0 Å². The number of methoxy groups -OCH3 is 2. The third-order valence-electron chi connectivity index (χ3n) is 6.91. The normalized spacial score (nSPS) is 17.7. The number of halogens is 1. The number of Topliss-reactive ketones (excluding diaryl/α,β-unsaturated/α-hetero) is 2. The van der Waals surface area contributed by atoms with Crippen LogP contribution in [0.1, 0.15) is 60.1 Å². The Morgan fingerprint density at radius 3 is 2.34 bits per heavy atom. The molecule has 1 aliphatic heterocycles. The summed E-state index contributed by atoms with van der Waals surface area (Å²) >= 11 is 6.51. The third-order valence-corrected chi connectivity index (χ3v) is 7.23. The highest BCUT2D eigenvalue weighted by molar-refractivity contribution is 6.32. The van der Waals surface area contributed by atoms with Gasteiger partial charge in [0, 0.05) is 42.1 Å². The summed E-state index contributed by atoms with van der Waals surface area (Å²) < 4.78 is 10.6. The number of ketones is 2. The Morgan fingerprint density at radius 2 is 1.80 bits per heavy atom. The molecule has 1 aromatic heterocycles. The number of likely N-dealkylation sites (tertiary alicyclic amines) is 1. The fourth-order valence-corrected chi connectivity index (χ4v) is 5.41. The minimum atomic E-state index is -0.949. The molecule has 1 aliphatic carbocycles. The lowest BCUT2D eigenvalue weighted by atomic mass is 9.63. The van der Waals surface area contributed by atoms with E-state index in [1.807, 2.05) is 0 Å². The van der Waals surface area contributed by atoms with E-state index in [4.69, 9.17) is 21.1 Å². The first kappa shape index (κ1) is 24.7. The first-order chi connectivity index (χ1) is 16.8. The third kappa shape index (κ3) is 4.89. The Bertz CT molecular complexity index is 1200. The summed E-state index contributed by atoms with van der Waals surface area (Å²) in [4.78, 5) is 45.5. The molecular formula is C27H27ClN2O5. The zero-order valence-electron chi connectivity index (χ0n) is 20.0. The predicted molar refractivity (Wildman–Crippen MR) is 131 cm³/mol. The van der Waals surface area contributed by atoms with Gasteiger partial charge < -0.3 is 14.4 Å². The van der Waals surface area contributed by atoms with Crippen molar-refractivity contribution in [2.45, 2.75) is 38.5 Å². The molecule has 0 atom stereocenters. The van der Waals surface area contributed by atoms with Gasteiger partial charge in [-0.1, -0.05) is 17.5 Å². The van der Waals surface area contributed by atoms with Crippen LogP contribution in [0.2, 0.25) is 5.02 Å². The summed E-state index contributed by atoms with van der Waals surface area (Å²) in [5.74, 6) is 5.28. The van der Waals surface area contributed by atoms with Gasteiger partial charge in [0.2, 0.25) is 0 Å². The van der Waals surface area contributed by atoms with Crippen molar-refractivity contribution < 1.29 is 23.9 Å². The van der Waals surface area contributed by atoms with Crippen LogP contribution in [0.5, 0.6) is 11.5 Å². The SMILES string of the molecule is CC#Cc1cc(Cl)c(C2C(=O)CC3(CCN(C(=O)c4ccc(OC)cn4)CC3)CC2=O)c(OC)c1. The van der Waals surface area contributed by atoms with E-state index in [0.29, 0.717) is 59.3 Å². The number of nitrogens with zero attached hydrogens (tertiary/aromatic N) is 2. The second-order valence-electron chi connectivity index (χ2n) is 9.04. The molecule has 7 nitrogen and oxygen atoms in total. The largest absolute Gasteiger partial charge is 0.496 e. The van der Waals surface area contributed by atoms with Crippen molar-refractivity contribution in [3.05, 3.63) is 52.3 Å². The van der Waals surface area contributed by atoms with Gasteiger partial charge in [-0.25, -0.2) is 4.98 Å². The summed E-state index contributed by atoms with van der Waals surface area (Å²) in [5, 5.41) is 0.303. The van der Waals surface area contributed by atoms with Crippen molar-refractivity contribution in [1.29, 1.82) is 0 Å². The van der Waals surface area contributed by atoms with Gasteiger partial charge in [0.15, 0.2) is 0 Å². The van der Waals surface area contributed by atoms with Crippen LogP contribution in [-0.2, 0) is 9.59 Å². The first-order valence-corrected chi connectivity index (χ1v) is 11.8. The second kappa shape index (κ2) is 10.1. The molecule has 1 amide bonds. The minimum Gasteiger partial charge on any atom is -0.496 e. The second-order valence-corrected chi connectivity index (χ2v) is 9.45. The number of rotatable bonds is 4. The molecule has 1 aromatic carbocycles. The van der Waals surface area contributed by atoms with E-state index in [1.54, 1.807) is 43.2 Å². The molecule has 0 bridgehead atoms. The number of ether oxygens (including phenoxy) is 2. The zero-order valence-corrected chi connectivity index (χ0v) is 20.8. The molecule has 0 radical (unpaired) electrons. The van der Waals surface area contributed by atoms with E-state index in [1.165, 1.54) is 13.3 Å². The van der Waals surface area contributed by atoms with Gasteiger partial charge in [-0.05, 0) is 49.4 Å². The van der Waals surface area contributed by atoms with E-state index in [-0.39, 0.29) is 30.3 Å². The molecule has 1 saturated heterocycles. The summed E-state index contributed by atoms with van der Waals surface area (Å²) in [5.41, 5.74) is 0.977. The van der Waals surface area contributed by atoms with Crippen LogP contribution < -0.4 is 9.47 Å².